The molecule has 0 heterocycles. The van der Waals surface area contributed by atoms with E-state index in [0.29, 0.717) is 24.3 Å². The highest BCUT2D eigenvalue weighted by molar-refractivity contribution is 7.87. The summed E-state index contributed by atoms with van der Waals surface area (Å²) in [5.41, 5.74) is 0. The lowest BCUT2D eigenvalue weighted by Gasteiger charge is -2.06. The van der Waals surface area contributed by atoms with E-state index in [9.17, 15) is 38.8 Å². The molecule has 0 unspecified atom stereocenters. The maximum absolute atomic E-state index is 10.7. The largest absolute Gasteiger partial charge is 0.508 e. The van der Waals surface area contributed by atoms with Crippen molar-refractivity contribution < 1.29 is 82.5 Å². The molecule has 0 aliphatic heterocycles. The number of hydrogen-bond donors (Lipinski definition) is 10. The predicted molar refractivity (Wildman–Crippen MR) is 135 cm³/mol. The van der Waals surface area contributed by atoms with Crippen LogP contribution in [0.15, 0.2) is 68.1 Å². The van der Waals surface area contributed by atoms with Gasteiger partial charge in [-0.3, -0.25) is 18.2 Å². The van der Waals surface area contributed by atoms with E-state index < -0.39 is 83.1 Å². The van der Waals surface area contributed by atoms with Crippen molar-refractivity contribution in [3.63, 3.8) is 0 Å². The van der Waals surface area contributed by atoms with Gasteiger partial charge in [0.25, 0.3) is 40.5 Å². The highest BCUT2D eigenvalue weighted by Gasteiger charge is 2.26. The van der Waals surface area contributed by atoms with Crippen LogP contribution < -0.4 is 0 Å². The maximum Gasteiger partial charge on any atom is 0.298 e. The maximum atomic E-state index is 10.7. The molecule has 0 radical (unpaired) electrons. The van der Waals surface area contributed by atoms with Gasteiger partial charge in [-0.05, 0) is 24.3 Å². The van der Waals surface area contributed by atoms with Crippen LogP contribution in [-0.2, 0) is 40.5 Å². The van der Waals surface area contributed by atoms with Crippen LogP contribution in [0.5, 0.6) is 34.5 Å². The first-order valence-electron chi connectivity index (χ1n) is 9.35. The molecule has 18 nitrogen and oxygen atoms in total. The number of aromatic hydroxyl groups is 6. The SMILES string of the molecule is C.O=S(=O)(O)c1cc(O)c(S(=O)(=O)O)cc1O.O=S(=O)(O)c1cc(O)cc(S(=O)(=O)O)c1O.Oc1ccc(O)cc1. The van der Waals surface area contributed by atoms with Crippen LogP contribution in [0.3, 0.4) is 0 Å². The van der Waals surface area contributed by atoms with Gasteiger partial charge in [0, 0.05) is 24.3 Å². The smallest absolute Gasteiger partial charge is 0.298 e. The summed E-state index contributed by atoms with van der Waals surface area (Å²) in [5, 5.41) is 53.6. The monoisotopic (exact) mass is 666 g/mol. The summed E-state index contributed by atoms with van der Waals surface area (Å²) in [4.78, 5) is -4.59. The Balaban J connectivity index is 0.000000609. The molecule has 0 atom stereocenters. The minimum Gasteiger partial charge on any atom is -0.508 e. The van der Waals surface area contributed by atoms with Crippen molar-refractivity contribution in [2.75, 3.05) is 0 Å². The molecule has 3 aromatic rings. The molecule has 3 rings (SSSR count). The summed E-state index contributed by atoms with van der Waals surface area (Å²) < 4.78 is 120. The third kappa shape index (κ3) is 10.9. The van der Waals surface area contributed by atoms with Crippen molar-refractivity contribution in [1.29, 1.82) is 0 Å². The standard InChI is InChI=1S/2C6H6O8S2.C6H6O2.CH4/c7-3-1-5(15(9,10)11)4(8)2-6(3)16(12,13)14;7-3-1-4(15(9,10)11)6(8)5(2-3)16(12,13)14;7-5-1-2-6(8)4-3-5;/h2*1-2,7-8H,(H,9,10,11)(H,12,13,14);1-4,7-8H;1H4. The normalized spacial score (nSPS) is 11.6. The summed E-state index contributed by atoms with van der Waals surface area (Å²) in [6.07, 6.45) is 0. The Kier molecular flexibility index (Phi) is 11.9. The van der Waals surface area contributed by atoms with Gasteiger partial charge < -0.3 is 30.6 Å². The zero-order valence-electron chi connectivity index (χ0n) is 19.0. The minimum absolute atomic E-state index is 0. The van der Waals surface area contributed by atoms with Gasteiger partial charge in [0.15, 0.2) is 5.75 Å². The molecule has 0 saturated carbocycles. The molecule has 22 heteroatoms. The topological polar surface area (TPSA) is 339 Å². The second-order valence-electron chi connectivity index (χ2n) is 6.99. The Morgan fingerprint density at radius 3 is 0.854 bits per heavy atom. The van der Waals surface area contributed by atoms with E-state index in [2.05, 4.69) is 0 Å². The third-order valence-corrected chi connectivity index (χ3v) is 7.53. The number of rotatable bonds is 4. The fraction of sp³-hybridized carbons (Fsp3) is 0.0526. The molecular weight excluding hydrogens is 644 g/mol. The summed E-state index contributed by atoms with van der Waals surface area (Å²) in [5.74, 6) is -4.13. The molecule has 10 N–H and O–H groups in total. The van der Waals surface area contributed by atoms with Crippen molar-refractivity contribution in [2.24, 2.45) is 0 Å². The van der Waals surface area contributed by atoms with Crippen molar-refractivity contribution in [3.05, 3.63) is 48.5 Å². The van der Waals surface area contributed by atoms with Crippen molar-refractivity contribution in [2.45, 2.75) is 27.0 Å². The van der Waals surface area contributed by atoms with E-state index in [1.54, 1.807) is 0 Å². The second kappa shape index (κ2) is 13.2. The Hall–Kier alpha value is -3.90. The van der Waals surface area contributed by atoms with Crippen molar-refractivity contribution in [1.82, 2.24) is 0 Å². The van der Waals surface area contributed by atoms with E-state index in [-0.39, 0.29) is 18.9 Å². The molecule has 0 aliphatic carbocycles. The molecule has 3 aromatic carbocycles. The van der Waals surface area contributed by atoms with Crippen LogP contribution in [0.25, 0.3) is 0 Å². The molecule has 0 spiro atoms. The van der Waals surface area contributed by atoms with Crippen LogP contribution in [0.2, 0.25) is 0 Å². The van der Waals surface area contributed by atoms with E-state index in [4.69, 9.17) is 43.7 Å². The van der Waals surface area contributed by atoms with Gasteiger partial charge in [-0.2, -0.15) is 33.7 Å². The van der Waals surface area contributed by atoms with Gasteiger partial charge in [-0.25, -0.2) is 0 Å². The molecule has 0 bridgehead atoms. The van der Waals surface area contributed by atoms with Gasteiger partial charge >= 0.3 is 0 Å². The van der Waals surface area contributed by atoms with Crippen LogP contribution in [0.4, 0.5) is 0 Å². The number of phenolic OH excluding ortho intramolecular Hbond substituents is 6. The van der Waals surface area contributed by atoms with Gasteiger partial charge in [-0.1, -0.05) is 7.43 Å². The van der Waals surface area contributed by atoms with Crippen LogP contribution >= 0.6 is 0 Å². The zero-order valence-corrected chi connectivity index (χ0v) is 22.3. The lowest BCUT2D eigenvalue weighted by atomic mass is 10.3. The molecular formula is C19H22O18S4. The summed E-state index contributed by atoms with van der Waals surface area (Å²) >= 11 is 0. The number of hydrogen-bond acceptors (Lipinski definition) is 14. The summed E-state index contributed by atoms with van der Waals surface area (Å²) in [7, 11) is -19.5. The number of benzene rings is 3. The fourth-order valence-corrected chi connectivity index (χ4v) is 4.85. The van der Waals surface area contributed by atoms with Gasteiger partial charge in [-0.15, -0.1) is 0 Å². The third-order valence-electron chi connectivity index (χ3n) is 4.03. The Morgan fingerprint density at radius 1 is 0.390 bits per heavy atom. The number of phenols is 6. The molecule has 41 heavy (non-hydrogen) atoms. The Morgan fingerprint density at radius 2 is 0.634 bits per heavy atom. The average molecular weight is 667 g/mol. The Bertz CT molecular complexity index is 1700. The first kappa shape index (κ1) is 37.1. The molecule has 0 amide bonds. The highest BCUT2D eigenvalue weighted by atomic mass is 32.2. The molecule has 0 aliphatic rings. The van der Waals surface area contributed by atoms with E-state index in [1.165, 1.54) is 24.3 Å². The zero-order chi connectivity index (χ0) is 31.4. The van der Waals surface area contributed by atoms with E-state index in [1.807, 2.05) is 0 Å². The fourth-order valence-electron chi connectivity index (χ4n) is 2.37. The average Bonchev–Trinajstić information content (AvgIpc) is 2.76. The van der Waals surface area contributed by atoms with Gasteiger partial charge in [0.2, 0.25) is 0 Å². The molecule has 0 saturated heterocycles. The molecule has 0 aromatic heterocycles. The van der Waals surface area contributed by atoms with E-state index in [0.717, 1.165) is 0 Å². The summed E-state index contributed by atoms with van der Waals surface area (Å²) in [6, 6.07) is 7.16. The Labute approximate surface area is 232 Å². The lowest BCUT2D eigenvalue weighted by Crippen LogP contribution is -2.04. The summed E-state index contributed by atoms with van der Waals surface area (Å²) in [6.45, 7) is 0. The van der Waals surface area contributed by atoms with Crippen molar-refractivity contribution >= 4 is 40.5 Å². The van der Waals surface area contributed by atoms with Crippen molar-refractivity contribution in [3.8, 4) is 34.5 Å². The van der Waals surface area contributed by atoms with Crippen LogP contribution in [0, 0.1) is 0 Å². The lowest BCUT2D eigenvalue weighted by molar-refractivity contribution is 0.412. The second-order valence-corrected chi connectivity index (χ2v) is 12.6. The van der Waals surface area contributed by atoms with Gasteiger partial charge in [0.05, 0.1) is 0 Å². The minimum atomic E-state index is -4.92. The molecule has 230 valence electrons. The van der Waals surface area contributed by atoms with Gasteiger partial charge in [0.1, 0.15) is 48.3 Å². The van der Waals surface area contributed by atoms with E-state index >= 15 is 0 Å². The first-order chi connectivity index (χ1) is 17.9. The quantitative estimate of drug-likeness (QED) is 0.137. The van der Waals surface area contributed by atoms with Crippen LogP contribution in [-0.4, -0.2) is 82.5 Å². The predicted octanol–water partition coefficient (Wildman–Crippen LogP) is 0.916. The first-order valence-corrected chi connectivity index (χ1v) is 15.1. The van der Waals surface area contributed by atoms with Crippen LogP contribution in [0.1, 0.15) is 7.43 Å². The highest BCUT2D eigenvalue weighted by Crippen LogP contribution is 2.34. The molecule has 0 fully saturated rings.